The van der Waals surface area contributed by atoms with Gasteiger partial charge in [-0.3, -0.25) is 0 Å². The zero-order valence-corrected chi connectivity index (χ0v) is 21.0. The maximum absolute atomic E-state index is 6.50. The molecule has 4 rings (SSSR count). The fourth-order valence-corrected chi connectivity index (χ4v) is 4.89. The normalized spacial score (nSPS) is 16.6. The largest absolute Gasteiger partial charge is 0.464 e. The van der Waals surface area contributed by atoms with E-state index in [0.29, 0.717) is 24.4 Å². The van der Waals surface area contributed by atoms with Crippen molar-refractivity contribution < 1.29 is 9.47 Å². The molecule has 0 fully saturated rings. The second kappa shape index (κ2) is 11.5. The minimum Gasteiger partial charge on any atom is -0.464 e. The van der Waals surface area contributed by atoms with Gasteiger partial charge < -0.3 is 9.47 Å². The molecule has 0 spiro atoms. The van der Waals surface area contributed by atoms with Crippen molar-refractivity contribution in [2.24, 2.45) is 11.8 Å². The van der Waals surface area contributed by atoms with E-state index >= 15 is 0 Å². The summed E-state index contributed by atoms with van der Waals surface area (Å²) in [5.41, 5.74) is 5.18. The summed E-state index contributed by atoms with van der Waals surface area (Å²) in [4.78, 5) is 0. The average Bonchev–Trinajstić information content (AvgIpc) is 3.27. The molecular weight excluding hydrogens is 416 g/mol. The quantitative estimate of drug-likeness (QED) is 0.272. The molecule has 0 aliphatic heterocycles. The molecule has 0 radical (unpaired) electrons. The molecule has 3 atom stereocenters. The summed E-state index contributed by atoms with van der Waals surface area (Å²) < 4.78 is 12.9. The third-order valence-electron chi connectivity index (χ3n) is 6.74. The van der Waals surface area contributed by atoms with E-state index in [1.165, 1.54) is 28.7 Å². The molecule has 0 saturated carbocycles. The summed E-state index contributed by atoms with van der Waals surface area (Å²) in [5, 5.41) is 0. The van der Waals surface area contributed by atoms with Crippen LogP contribution in [0.5, 0.6) is 5.75 Å². The highest BCUT2D eigenvalue weighted by Gasteiger charge is 2.28. The standard InChI is InChI=1S/C32H38O2/c1-23(2)22-31(24(3)4)27-14-17-28(18-15-27)34-32(33-21-20-25-10-6-5-7-11-25)30-19-16-26-12-8-9-13-29(26)30/h5-19,23-24,30-32H,20-22H2,1-4H3. The van der Waals surface area contributed by atoms with Crippen LogP contribution in [0.25, 0.3) is 6.08 Å². The SMILES string of the molecule is CC(C)CC(c1ccc(OC(OCCc2ccccc2)C2C=Cc3ccccc32)cc1)C(C)C. The van der Waals surface area contributed by atoms with E-state index in [1.54, 1.807) is 0 Å². The Morgan fingerprint density at radius 1 is 0.794 bits per heavy atom. The van der Waals surface area contributed by atoms with Gasteiger partial charge in [0, 0.05) is 0 Å². The number of hydrogen-bond acceptors (Lipinski definition) is 2. The Balaban J connectivity index is 1.49. The van der Waals surface area contributed by atoms with Gasteiger partial charge in [0.2, 0.25) is 6.29 Å². The molecule has 34 heavy (non-hydrogen) atoms. The molecule has 0 saturated heterocycles. The van der Waals surface area contributed by atoms with Crippen molar-refractivity contribution in [2.75, 3.05) is 6.61 Å². The first-order valence-corrected chi connectivity index (χ1v) is 12.7. The smallest absolute Gasteiger partial charge is 0.210 e. The molecule has 3 aromatic rings. The fraction of sp³-hybridized carbons (Fsp3) is 0.375. The van der Waals surface area contributed by atoms with Crippen LogP contribution in [0.1, 0.15) is 68.2 Å². The van der Waals surface area contributed by atoms with E-state index in [4.69, 9.17) is 9.47 Å². The average molecular weight is 455 g/mol. The summed E-state index contributed by atoms with van der Waals surface area (Å²) in [6, 6.07) is 27.7. The van der Waals surface area contributed by atoms with Gasteiger partial charge in [0.05, 0.1) is 12.5 Å². The van der Waals surface area contributed by atoms with Crippen molar-refractivity contribution in [1.82, 2.24) is 0 Å². The van der Waals surface area contributed by atoms with E-state index in [-0.39, 0.29) is 12.2 Å². The molecule has 2 nitrogen and oxygen atoms in total. The van der Waals surface area contributed by atoms with Crippen LogP contribution in [0.4, 0.5) is 0 Å². The second-order valence-electron chi connectivity index (χ2n) is 10.2. The molecule has 0 N–H and O–H groups in total. The van der Waals surface area contributed by atoms with E-state index in [2.05, 4.69) is 113 Å². The molecule has 0 aromatic heterocycles. The Morgan fingerprint density at radius 3 is 2.21 bits per heavy atom. The van der Waals surface area contributed by atoms with E-state index in [0.717, 1.165) is 12.2 Å². The number of benzene rings is 3. The molecule has 3 unspecified atom stereocenters. The molecular formula is C32H38O2. The number of rotatable bonds is 11. The predicted octanol–water partition coefficient (Wildman–Crippen LogP) is 8.25. The Hall–Kier alpha value is -2.84. The van der Waals surface area contributed by atoms with Crippen LogP contribution in [0, 0.1) is 11.8 Å². The zero-order valence-electron chi connectivity index (χ0n) is 21.0. The lowest BCUT2D eigenvalue weighted by atomic mass is 9.82. The highest BCUT2D eigenvalue weighted by molar-refractivity contribution is 5.62. The monoisotopic (exact) mass is 454 g/mol. The summed E-state index contributed by atoms with van der Waals surface area (Å²) in [6.45, 7) is 9.85. The van der Waals surface area contributed by atoms with E-state index < -0.39 is 0 Å². The van der Waals surface area contributed by atoms with Gasteiger partial charge in [-0.1, -0.05) is 107 Å². The van der Waals surface area contributed by atoms with Gasteiger partial charge in [-0.2, -0.15) is 0 Å². The molecule has 3 aromatic carbocycles. The minimum atomic E-state index is -0.369. The Labute approximate surface area is 205 Å². The first kappa shape index (κ1) is 24.3. The third kappa shape index (κ3) is 6.18. The Morgan fingerprint density at radius 2 is 1.50 bits per heavy atom. The van der Waals surface area contributed by atoms with Crippen molar-refractivity contribution in [3.05, 3.63) is 107 Å². The van der Waals surface area contributed by atoms with Gasteiger partial charge in [0.15, 0.2) is 0 Å². The highest BCUT2D eigenvalue weighted by Crippen LogP contribution is 2.36. The maximum Gasteiger partial charge on any atom is 0.210 e. The molecule has 178 valence electrons. The van der Waals surface area contributed by atoms with Crippen LogP contribution in [0.15, 0.2) is 84.9 Å². The summed E-state index contributed by atoms with van der Waals surface area (Å²) in [6.07, 6.45) is 6.09. The zero-order chi connectivity index (χ0) is 23.9. The lowest BCUT2D eigenvalue weighted by Gasteiger charge is -2.26. The van der Waals surface area contributed by atoms with E-state index in [1.807, 2.05) is 6.07 Å². The topological polar surface area (TPSA) is 18.5 Å². The molecule has 1 aliphatic rings. The lowest BCUT2D eigenvalue weighted by molar-refractivity contribution is -0.0867. The highest BCUT2D eigenvalue weighted by atomic mass is 16.7. The van der Waals surface area contributed by atoms with Crippen molar-refractivity contribution in [3.8, 4) is 5.75 Å². The maximum atomic E-state index is 6.50. The predicted molar refractivity (Wildman–Crippen MR) is 142 cm³/mol. The van der Waals surface area contributed by atoms with Crippen LogP contribution in [0.2, 0.25) is 0 Å². The van der Waals surface area contributed by atoms with Gasteiger partial charge in [-0.15, -0.1) is 0 Å². The molecule has 0 heterocycles. The first-order valence-electron chi connectivity index (χ1n) is 12.7. The third-order valence-corrected chi connectivity index (χ3v) is 6.74. The van der Waals surface area contributed by atoms with Crippen LogP contribution in [0.3, 0.4) is 0 Å². The summed E-state index contributed by atoms with van der Waals surface area (Å²) in [7, 11) is 0. The van der Waals surface area contributed by atoms with Crippen LogP contribution in [-0.4, -0.2) is 12.9 Å². The fourth-order valence-electron chi connectivity index (χ4n) is 4.89. The summed E-state index contributed by atoms with van der Waals surface area (Å²) in [5.74, 6) is 2.80. The van der Waals surface area contributed by atoms with Gasteiger partial charge in [0.1, 0.15) is 5.75 Å². The van der Waals surface area contributed by atoms with Gasteiger partial charge >= 0.3 is 0 Å². The Kier molecular flexibility index (Phi) is 8.24. The summed E-state index contributed by atoms with van der Waals surface area (Å²) >= 11 is 0. The molecule has 0 bridgehead atoms. The number of ether oxygens (including phenoxy) is 2. The molecule has 2 heteroatoms. The lowest BCUT2D eigenvalue weighted by Crippen LogP contribution is -2.28. The molecule has 0 amide bonds. The second-order valence-corrected chi connectivity index (χ2v) is 10.2. The van der Waals surface area contributed by atoms with Crippen LogP contribution in [-0.2, 0) is 11.2 Å². The van der Waals surface area contributed by atoms with Crippen molar-refractivity contribution in [1.29, 1.82) is 0 Å². The first-order chi connectivity index (χ1) is 16.5. The Bertz CT molecular complexity index is 1050. The van der Waals surface area contributed by atoms with Gasteiger partial charge in [-0.25, -0.2) is 0 Å². The van der Waals surface area contributed by atoms with Crippen molar-refractivity contribution in [2.45, 2.75) is 58.7 Å². The number of hydrogen-bond donors (Lipinski definition) is 0. The van der Waals surface area contributed by atoms with Gasteiger partial charge in [0.25, 0.3) is 0 Å². The van der Waals surface area contributed by atoms with Crippen molar-refractivity contribution >= 4 is 6.08 Å². The molecule has 1 aliphatic carbocycles. The minimum absolute atomic E-state index is 0.0796. The van der Waals surface area contributed by atoms with Crippen molar-refractivity contribution in [3.63, 3.8) is 0 Å². The van der Waals surface area contributed by atoms with Gasteiger partial charge in [-0.05, 0) is 65.0 Å². The van der Waals surface area contributed by atoms with Crippen LogP contribution >= 0.6 is 0 Å². The number of fused-ring (bicyclic) bond motifs is 1. The van der Waals surface area contributed by atoms with Crippen LogP contribution < -0.4 is 4.74 Å². The van der Waals surface area contributed by atoms with E-state index in [9.17, 15) is 0 Å².